The van der Waals surface area contributed by atoms with Crippen LogP contribution in [0, 0.1) is 0 Å². The molecule has 1 atom stereocenters. The molecule has 8 heteroatoms. The lowest BCUT2D eigenvalue weighted by Gasteiger charge is -2.32. The number of nitrogen functional groups attached to an aromatic ring is 1. The van der Waals surface area contributed by atoms with E-state index in [-0.39, 0.29) is 28.7 Å². The monoisotopic (exact) mass is 314 g/mol. The van der Waals surface area contributed by atoms with Gasteiger partial charge in [0.25, 0.3) is 0 Å². The molecule has 1 aliphatic heterocycles. The zero-order valence-electron chi connectivity index (χ0n) is 11.9. The molecular formula is C13H18N2O5S. The SMILES string of the molecule is COC(=O)c1ccc(S(=O)(=O)N2CCOCC2C)c(N)c1. The molecule has 7 nitrogen and oxygen atoms in total. The van der Waals surface area contributed by atoms with Gasteiger partial charge in [-0.25, -0.2) is 13.2 Å². The summed E-state index contributed by atoms with van der Waals surface area (Å²) in [6.45, 7) is 2.75. The van der Waals surface area contributed by atoms with Crippen LogP contribution in [0.2, 0.25) is 0 Å². The molecule has 1 aliphatic rings. The number of hydrogen-bond acceptors (Lipinski definition) is 6. The van der Waals surface area contributed by atoms with Crippen molar-refractivity contribution in [2.75, 3.05) is 32.6 Å². The zero-order chi connectivity index (χ0) is 15.6. The molecule has 0 aromatic heterocycles. The molecule has 0 aliphatic carbocycles. The van der Waals surface area contributed by atoms with Gasteiger partial charge in [-0.15, -0.1) is 0 Å². The van der Waals surface area contributed by atoms with Crippen LogP contribution < -0.4 is 5.73 Å². The van der Waals surface area contributed by atoms with Crippen molar-refractivity contribution in [1.29, 1.82) is 0 Å². The average molecular weight is 314 g/mol. The number of nitrogens with two attached hydrogens (primary N) is 1. The number of nitrogens with zero attached hydrogens (tertiary/aromatic N) is 1. The van der Waals surface area contributed by atoms with Crippen LogP contribution in [0.3, 0.4) is 0 Å². The molecule has 1 aromatic carbocycles. The minimum atomic E-state index is -3.71. The summed E-state index contributed by atoms with van der Waals surface area (Å²) in [6, 6.07) is 3.77. The predicted octanol–water partition coefficient (Wildman–Crippen LogP) is 0.465. The molecule has 2 rings (SSSR count). The number of hydrogen-bond donors (Lipinski definition) is 1. The number of carbonyl (C=O) groups is 1. The lowest BCUT2D eigenvalue weighted by Crippen LogP contribution is -2.47. The van der Waals surface area contributed by atoms with Crippen LogP contribution in [0.5, 0.6) is 0 Å². The van der Waals surface area contributed by atoms with Gasteiger partial charge in [-0.1, -0.05) is 0 Å². The van der Waals surface area contributed by atoms with E-state index in [9.17, 15) is 13.2 Å². The van der Waals surface area contributed by atoms with E-state index < -0.39 is 16.0 Å². The van der Waals surface area contributed by atoms with Gasteiger partial charge >= 0.3 is 5.97 Å². The number of rotatable bonds is 3. The summed E-state index contributed by atoms with van der Waals surface area (Å²) in [6.07, 6.45) is 0. The molecular weight excluding hydrogens is 296 g/mol. The Morgan fingerprint density at radius 3 is 2.76 bits per heavy atom. The van der Waals surface area contributed by atoms with Crippen molar-refractivity contribution in [2.24, 2.45) is 0 Å². The third-order valence-electron chi connectivity index (χ3n) is 3.32. The number of sulfonamides is 1. The second-order valence-electron chi connectivity index (χ2n) is 4.78. The Bertz CT molecular complexity index is 644. The van der Waals surface area contributed by atoms with Crippen molar-refractivity contribution < 1.29 is 22.7 Å². The van der Waals surface area contributed by atoms with E-state index in [1.807, 2.05) is 0 Å². The summed E-state index contributed by atoms with van der Waals surface area (Å²) in [4.78, 5) is 11.4. The first-order valence-corrected chi connectivity index (χ1v) is 7.89. The van der Waals surface area contributed by atoms with Crippen LogP contribution >= 0.6 is 0 Å². The summed E-state index contributed by atoms with van der Waals surface area (Å²) in [5, 5.41) is 0. The van der Waals surface area contributed by atoms with E-state index >= 15 is 0 Å². The summed E-state index contributed by atoms with van der Waals surface area (Å²) in [5.74, 6) is -0.564. The van der Waals surface area contributed by atoms with Gasteiger partial charge in [0.15, 0.2) is 0 Å². The molecule has 1 heterocycles. The lowest BCUT2D eigenvalue weighted by molar-refractivity contribution is 0.0393. The normalized spacial score (nSPS) is 20.2. The Morgan fingerprint density at radius 2 is 2.19 bits per heavy atom. The van der Waals surface area contributed by atoms with E-state index in [2.05, 4.69) is 4.74 Å². The largest absolute Gasteiger partial charge is 0.465 e. The van der Waals surface area contributed by atoms with Gasteiger partial charge in [-0.05, 0) is 25.1 Å². The zero-order valence-corrected chi connectivity index (χ0v) is 12.7. The van der Waals surface area contributed by atoms with Crippen LogP contribution in [-0.2, 0) is 19.5 Å². The lowest BCUT2D eigenvalue weighted by atomic mass is 10.2. The number of carbonyl (C=O) groups excluding carboxylic acids is 1. The molecule has 0 amide bonds. The van der Waals surface area contributed by atoms with Crippen molar-refractivity contribution in [2.45, 2.75) is 17.9 Å². The Hall–Kier alpha value is -1.64. The second kappa shape index (κ2) is 6.00. The fourth-order valence-electron chi connectivity index (χ4n) is 2.22. The van der Waals surface area contributed by atoms with Crippen LogP contribution in [0.15, 0.2) is 23.1 Å². The first kappa shape index (κ1) is 15.7. The van der Waals surface area contributed by atoms with Crippen molar-refractivity contribution in [1.82, 2.24) is 4.31 Å². The molecule has 1 unspecified atom stereocenters. The molecule has 2 N–H and O–H groups in total. The first-order chi connectivity index (χ1) is 9.87. The Kier molecular flexibility index (Phi) is 4.50. The highest BCUT2D eigenvalue weighted by molar-refractivity contribution is 7.89. The fraction of sp³-hybridized carbons (Fsp3) is 0.462. The number of anilines is 1. The van der Waals surface area contributed by atoms with Crippen molar-refractivity contribution in [3.8, 4) is 0 Å². The third-order valence-corrected chi connectivity index (χ3v) is 5.41. The van der Waals surface area contributed by atoms with Crippen LogP contribution in [0.1, 0.15) is 17.3 Å². The standard InChI is InChI=1S/C13H18N2O5S/c1-9-8-20-6-5-15(9)21(17,18)12-4-3-10(7-11(12)14)13(16)19-2/h3-4,7,9H,5-6,8,14H2,1-2H3. The highest BCUT2D eigenvalue weighted by Crippen LogP contribution is 2.26. The maximum Gasteiger partial charge on any atom is 0.337 e. The van der Waals surface area contributed by atoms with E-state index in [1.165, 1.54) is 29.6 Å². The molecule has 1 fully saturated rings. The second-order valence-corrected chi connectivity index (χ2v) is 6.64. The van der Waals surface area contributed by atoms with Gasteiger partial charge in [0, 0.05) is 12.6 Å². The fourth-order valence-corrected chi connectivity index (χ4v) is 3.92. The first-order valence-electron chi connectivity index (χ1n) is 6.45. The number of methoxy groups -OCH3 is 1. The van der Waals surface area contributed by atoms with Gasteiger partial charge in [0.2, 0.25) is 10.0 Å². The highest BCUT2D eigenvalue weighted by Gasteiger charge is 2.33. The number of esters is 1. The van der Waals surface area contributed by atoms with E-state index in [1.54, 1.807) is 6.92 Å². The molecule has 0 radical (unpaired) electrons. The minimum Gasteiger partial charge on any atom is -0.465 e. The maximum atomic E-state index is 12.6. The molecule has 0 saturated carbocycles. The average Bonchev–Trinajstić information content (AvgIpc) is 2.46. The maximum absolute atomic E-state index is 12.6. The smallest absolute Gasteiger partial charge is 0.337 e. The quantitative estimate of drug-likeness (QED) is 0.643. The number of benzene rings is 1. The van der Waals surface area contributed by atoms with E-state index in [0.29, 0.717) is 13.2 Å². The Morgan fingerprint density at radius 1 is 1.48 bits per heavy atom. The number of morpholine rings is 1. The van der Waals surface area contributed by atoms with Gasteiger partial charge in [-0.3, -0.25) is 0 Å². The van der Waals surface area contributed by atoms with Gasteiger partial charge < -0.3 is 15.2 Å². The minimum absolute atomic E-state index is 0.0103. The van der Waals surface area contributed by atoms with Crippen molar-refractivity contribution in [3.05, 3.63) is 23.8 Å². The summed E-state index contributed by atoms with van der Waals surface area (Å²) < 4.78 is 36.5. The summed E-state index contributed by atoms with van der Waals surface area (Å²) in [7, 11) is -2.47. The molecule has 0 bridgehead atoms. The molecule has 1 saturated heterocycles. The molecule has 21 heavy (non-hydrogen) atoms. The third kappa shape index (κ3) is 3.02. The van der Waals surface area contributed by atoms with Crippen LogP contribution in [0.25, 0.3) is 0 Å². The van der Waals surface area contributed by atoms with Crippen molar-refractivity contribution in [3.63, 3.8) is 0 Å². The Balaban J connectivity index is 2.38. The van der Waals surface area contributed by atoms with Gasteiger partial charge in [-0.2, -0.15) is 4.31 Å². The molecule has 116 valence electrons. The van der Waals surface area contributed by atoms with E-state index in [0.717, 1.165) is 0 Å². The summed E-state index contributed by atoms with van der Waals surface area (Å²) >= 11 is 0. The highest BCUT2D eigenvalue weighted by atomic mass is 32.2. The van der Waals surface area contributed by atoms with Crippen molar-refractivity contribution >= 4 is 21.7 Å². The van der Waals surface area contributed by atoms with Gasteiger partial charge in [0.1, 0.15) is 4.90 Å². The van der Waals surface area contributed by atoms with Crippen LogP contribution in [0.4, 0.5) is 5.69 Å². The van der Waals surface area contributed by atoms with Crippen LogP contribution in [-0.4, -0.2) is 51.6 Å². The molecule has 0 spiro atoms. The molecule has 1 aromatic rings. The Labute approximate surface area is 123 Å². The predicted molar refractivity (Wildman–Crippen MR) is 76.4 cm³/mol. The topological polar surface area (TPSA) is 98.9 Å². The number of ether oxygens (including phenoxy) is 2. The summed E-state index contributed by atoms with van der Waals surface area (Å²) in [5.41, 5.74) is 6.04. The van der Waals surface area contributed by atoms with E-state index in [4.69, 9.17) is 10.5 Å². The van der Waals surface area contributed by atoms with Gasteiger partial charge in [0.05, 0.1) is 31.6 Å².